The maximum absolute atomic E-state index is 5.76. The highest BCUT2D eigenvalue weighted by Crippen LogP contribution is 2.19. The van der Waals surface area contributed by atoms with E-state index in [4.69, 9.17) is 18.9 Å². The van der Waals surface area contributed by atoms with Crippen LogP contribution in [-0.4, -0.2) is 40.5 Å². The first-order chi connectivity index (χ1) is 15.8. The van der Waals surface area contributed by atoms with Crippen LogP contribution in [0.3, 0.4) is 0 Å². The van der Waals surface area contributed by atoms with Gasteiger partial charge in [0.1, 0.15) is 36.2 Å². The summed E-state index contributed by atoms with van der Waals surface area (Å²) in [6, 6.07) is 23.9. The van der Waals surface area contributed by atoms with E-state index in [1.54, 1.807) is 14.2 Å². The summed E-state index contributed by atoms with van der Waals surface area (Å²) in [6.45, 7) is 4.33. The highest BCUT2D eigenvalue weighted by Gasteiger charge is 2.00. The van der Waals surface area contributed by atoms with Gasteiger partial charge in [0.25, 0.3) is 0 Å². The van der Waals surface area contributed by atoms with Crippen LogP contribution in [0.15, 0.2) is 72.8 Å². The van der Waals surface area contributed by atoms with Gasteiger partial charge in [-0.1, -0.05) is 36.4 Å². The Morgan fingerprint density at radius 1 is 0.562 bits per heavy atom. The molecule has 0 unspecified atom stereocenters. The zero-order valence-corrected chi connectivity index (χ0v) is 18.8. The Bertz CT molecular complexity index is 876. The van der Waals surface area contributed by atoms with Crippen LogP contribution in [0.1, 0.15) is 11.1 Å². The molecule has 0 aliphatic carbocycles. The van der Waals surface area contributed by atoms with Crippen LogP contribution < -0.4 is 29.6 Å². The quantitative estimate of drug-likeness (QED) is 0.372. The fourth-order valence-corrected chi connectivity index (χ4v) is 3.18. The SMILES string of the molecule is COc1cccc(OCCNCc2cccc(CNCCOc3cccc(OC)c3)c2)c1. The van der Waals surface area contributed by atoms with Gasteiger partial charge < -0.3 is 29.6 Å². The standard InChI is InChI=1S/C26H32N2O4/c1-29-23-8-4-10-25(17-23)31-14-12-27-19-21-6-3-7-22(16-21)20-28-13-15-32-26-11-5-9-24(18-26)30-2/h3-11,16-18,27-28H,12-15,19-20H2,1-2H3. The van der Waals surface area contributed by atoms with Crippen LogP contribution in [0.2, 0.25) is 0 Å². The van der Waals surface area contributed by atoms with Crippen molar-refractivity contribution < 1.29 is 18.9 Å². The number of hydrogen-bond acceptors (Lipinski definition) is 6. The van der Waals surface area contributed by atoms with Gasteiger partial charge in [-0.2, -0.15) is 0 Å². The van der Waals surface area contributed by atoms with Gasteiger partial charge in [-0.3, -0.25) is 0 Å². The molecule has 0 radical (unpaired) electrons. The molecule has 0 aliphatic rings. The lowest BCUT2D eigenvalue weighted by Crippen LogP contribution is -2.22. The van der Waals surface area contributed by atoms with E-state index >= 15 is 0 Å². The first-order valence-corrected chi connectivity index (χ1v) is 10.8. The van der Waals surface area contributed by atoms with Crippen molar-refractivity contribution in [2.75, 3.05) is 40.5 Å². The van der Waals surface area contributed by atoms with E-state index < -0.39 is 0 Å². The van der Waals surface area contributed by atoms with Gasteiger partial charge in [-0.25, -0.2) is 0 Å². The minimum absolute atomic E-state index is 0.599. The molecule has 0 amide bonds. The number of methoxy groups -OCH3 is 2. The molecule has 3 aromatic rings. The summed E-state index contributed by atoms with van der Waals surface area (Å²) in [5, 5.41) is 6.85. The molecule has 0 fully saturated rings. The average molecular weight is 437 g/mol. The minimum atomic E-state index is 0.599. The number of benzene rings is 3. The van der Waals surface area contributed by atoms with Gasteiger partial charge in [0.15, 0.2) is 0 Å². The molecule has 0 aromatic heterocycles. The van der Waals surface area contributed by atoms with Crippen LogP contribution in [0.25, 0.3) is 0 Å². The Labute approximate surface area is 190 Å². The topological polar surface area (TPSA) is 61.0 Å². The maximum Gasteiger partial charge on any atom is 0.123 e. The molecule has 0 spiro atoms. The van der Waals surface area contributed by atoms with E-state index in [1.807, 2.05) is 48.5 Å². The van der Waals surface area contributed by atoms with Gasteiger partial charge in [-0.05, 0) is 35.4 Å². The Morgan fingerprint density at radius 2 is 1.00 bits per heavy atom. The summed E-state index contributed by atoms with van der Waals surface area (Å²) in [5.41, 5.74) is 2.50. The van der Waals surface area contributed by atoms with Crippen molar-refractivity contribution in [2.45, 2.75) is 13.1 Å². The summed E-state index contributed by atoms with van der Waals surface area (Å²) < 4.78 is 21.9. The van der Waals surface area contributed by atoms with Gasteiger partial charge in [0.2, 0.25) is 0 Å². The van der Waals surface area contributed by atoms with Crippen molar-refractivity contribution in [3.8, 4) is 23.0 Å². The minimum Gasteiger partial charge on any atom is -0.497 e. The molecule has 170 valence electrons. The van der Waals surface area contributed by atoms with E-state index in [0.29, 0.717) is 13.2 Å². The summed E-state index contributed by atoms with van der Waals surface area (Å²) in [7, 11) is 3.31. The van der Waals surface area contributed by atoms with Gasteiger partial charge >= 0.3 is 0 Å². The van der Waals surface area contributed by atoms with Crippen LogP contribution in [-0.2, 0) is 13.1 Å². The second-order valence-corrected chi connectivity index (χ2v) is 7.23. The molecule has 2 N–H and O–H groups in total. The van der Waals surface area contributed by atoms with Crippen molar-refractivity contribution >= 4 is 0 Å². The van der Waals surface area contributed by atoms with E-state index in [-0.39, 0.29) is 0 Å². The molecule has 0 bridgehead atoms. The lowest BCUT2D eigenvalue weighted by atomic mass is 10.1. The van der Waals surface area contributed by atoms with E-state index in [9.17, 15) is 0 Å². The molecular formula is C26H32N2O4. The molecule has 32 heavy (non-hydrogen) atoms. The third-order valence-electron chi connectivity index (χ3n) is 4.83. The molecule has 0 heterocycles. The van der Waals surface area contributed by atoms with E-state index in [0.717, 1.165) is 49.2 Å². The normalized spacial score (nSPS) is 10.6. The Kier molecular flexibility index (Phi) is 9.71. The predicted octanol–water partition coefficient (Wildman–Crippen LogP) is 4.04. The van der Waals surface area contributed by atoms with E-state index in [1.165, 1.54) is 11.1 Å². The lowest BCUT2D eigenvalue weighted by Gasteiger charge is -2.11. The lowest BCUT2D eigenvalue weighted by molar-refractivity contribution is 0.311. The van der Waals surface area contributed by atoms with Crippen molar-refractivity contribution in [3.05, 3.63) is 83.9 Å². The largest absolute Gasteiger partial charge is 0.497 e. The second kappa shape index (κ2) is 13.2. The third-order valence-corrected chi connectivity index (χ3v) is 4.83. The van der Waals surface area contributed by atoms with Crippen molar-refractivity contribution in [1.82, 2.24) is 10.6 Å². The van der Waals surface area contributed by atoms with Crippen LogP contribution in [0, 0.1) is 0 Å². The Balaban J connectivity index is 1.30. The number of rotatable bonds is 14. The summed E-state index contributed by atoms with van der Waals surface area (Å²) in [6.07, 6.45) is 0. The fourth-order valence-electron chi connectivity index (χ4n) is 3.18. The van der Waals surface area contributed by atoms with Gasteiger partial charge in [0.05, 0.1) is 14.2 Å². The first-order valence-electron chi connectivity index (χ1n) is 10.8. The predicted molar refractivity (Wildman–Crippen MR) is 127 cm³/mol. The molecule has 6 heteroatoms. The molecule has 3 aromatic carbocycles. The zero-order chi connectivity index (χ0) is 22.4. The highest BCUT2D eigenvalue weighted by molar-refractivity contribution is 5.33. The van der Waals surface area contributed by atoms with Crippen molar-refractivity contribution in [2.24, 2.45) is 0 Å². The number of ether oxygens (including phenoxy) is 4. The van der Waals surface area contributed by atoms with Crippen LogP contribution in [0.5, 0.6) is 23.0 Å². The summed E-state index contributed by atoms with van der Waals surface area (Å²) >= 11 is 0. The summed E-state index contributed by atoms with van der Waals surface area (Å²) in [4.78, 5) is 0. The average Bonchev–Trinajstić information content (AvgIpc) is 2.84. The van der Waals surface area contributed by atoms with Crippen LogP contribution in [0.4, 0.5) is 0 Å². The molecule has 3 rings (SSSR count). The summed E-state index contributed by atoms with van der Waals surface area (Å²) in [5.74, 6) is 3.23. The number of hydrogen-bond donors (Lipinski definition) is 2. The molecular weight excluding hydrogens is 404 g/mol. The molecule has 0 aliphatic heterocycles. The van der Waals surface area contributed by atoms with Crippen molar-refractivity contribution in [3.63, 3.8) is 0 Å². The fraction of sp³-hybridized carbons (Fsp3) is 0.308. The van der Waals surface area contributed by atoms with Crippen molar-refractivity contribution in [1.29, 1.82) is 0 Å². The van der Waals surface area contributed by atoms with Gasteiger partial charge in [0, 0.05) is 38.3 Å². The second-order valence-electron chi connectivity index (χ2n) is 7.23. The van der Waals surface area contributed by atoms with Crippen LogP contribution >= 0.6 is 0 Å². The molecule has 0 saturated carbocycles. The highest BCUT2D eigenvalue weighted by atomic mass is 16.5. The maximum atomic E-state index is 5.76. The third kappa shape index (κ3) is 8.13. The zero-order valence-electron chi connectivity index (χ0n) is 18.8. The Hall–Kier alpha value is -3.22. The number of nitrogens with one attached hydrogen (secondary N) is 2. The Morgan fingerprint density at radius 3 is 1.47 bits per heavy atom. The molecule has 0 atom stereocenters. The monoisotopic (exact) mass is 436 g/mol. The molecule has 6 nitrogen and oxygen atoms in total. The van der Waals surface area contributed by atoms with E-state index in [2.05, 4.69) is 34.9 Å². The first kappa shape index (κ1) is 23.4. The van der Waals surface area contributed by atoms with Gasteiger partial charge in [-0.15, -0.1) is 0 Å². The molecule has 0 saturated heterocycles. The smallest absolute Gasteiger partial charge is 0.123 e.